The van der Waals surface area contributed by atoms with Crippen LogP contribution >= 0.6 is 0 Å². The fourth-order valence-electron chi connectivity index (χ4n) is 2.29. The third kappa shape index (κ3) is 3.53. The van der Waals surface area contributed by atoms with Gasteiger partial charge in [0.05, 0.1) is 4.92 Å². The molecule has 4 nitrogen and oxygen atoms in total. The van der Waals surface area contributed by atoms with Crippen molar-refractivity contribution in [1.82, 2.24) is 5.32 Å². The molecule has 18 heavy (non-hydrogen) atoms. The van der Waals surface area contributed by atoms with Gasteiger partial charge < -0.3 is 5.32 Å². The van der Waals surface area contributed by atoms with Gasteiger partial charge in [-0.15, -0.1) is 0 Å². The van der Waals surface area contributed by atoms with Crippen molar-refractivity contribution in [2.75, 3.05) is 13.1 Å². The Balaban J connectivity index is 1.77. The molecule has 0 radical (unpaired) electrons. The lowest BCUT2D eigenvalue weighted by Crippen LogP contribution is -2.24. The van der Waals surface area contributed by atoms with E-state index in [1.807, 2.05) is 12.1 Å². The van der Waals surface area contributed by atoms with Crippen LogP contribution in [0, 0.1) is 22.0 Å². The van der Waals surface area contributed by atoms with Crippen molar-refractivity contribution in [3.63, 3.8) is 0 Å². The van der Waals surface area contributed by atoms with Crippen LogP contribution in [0.1, 0.15) is 25.3 Å². The second-order valence-electron chi connectivity index (χ2n) is 5.15. The second kappa shape index (κ2) is 5.96. The summed E-state index contributed by atoms with van der Waals surface area (Å²) in [5.74, 6) is 1.64. The van der Waals surface area contributed by atoms with E-state index in [1.165, 1.54) is 12.8 Å². The van der Waals surface area contributed by atoms with Gasteiger partial charge in [-0.2, -0.15) is 0 Å². The zero-order chi connectivity index (χ0) is 13.0. The minimum atomic E-state index is -0.303. The van der Waals surface area contributed by atoms with E-state index >= 15 is 0 Å². The Bertz CT molecular complexity index is 416. The summed E-state index contributed by atoms with van der Waals surface area (Å²) in [4.78, 5) is 10.5. The summed E-state index contributed by atoms with van der Waals surface area (Å²) in [6.45, 7) is 4.10. The monoisotopic (exact) mass is 248 g/mol. The van der Waals surface area contributed by atoms with Gasteiger partial charge in [0.15, 0.2) is 0 Å². The molecule has 0 bridgehead atoms. The summed E-state index contributed by atoms with van der Waals surface area (Å²) in [5.41, 5.74) is 1.05. The fraction of sp³-hybridized carbons (Fsp3) is 0.571. The predicted molar refractivity (Wildman–Crippen MR) is 71.6 cm³/mol. The number of nitrogens with one attached hydrogen (secondary N) is 1. The largest absolute Gasteiger partial charge is 0.316 e. The van der Waals surface area contributed by atoms with Crippen LogP contribution in [0.25, 0.3) is 0 Å². The van der Waals surface area contributed by atoms with E-state index in [-0.39, 0.29) is 10.6 Å². The fourth-order valence-corrected chi connectivity index (χ4v) is 2.29. The highest BCUT2D eigenvalue weighted by atomic mass is 16.6. The van der Waals surface area contributed by atoms with Gasteiger partial charge in [-0.25, -0.2) is 0 Å². The summed E-state index contributed by atoms with van der Waals surface area (Å²) in [6.07, 6.45) is 3.45. The van der Waals surface area contributed by atoms with Crippen LogP contribution < -0.4 is 5.32 Å². The maximum atomic E-state index is 10.8. The molecular weight excluding hydrogens is 228 g/mol. The lowest BCUT2D eigenvalue weighted by molar-refractivity contribution is -0.385. The molecule has 0 saturated heterocycles. The number of hydrogen-bond donors (Lipinski definition) is 1. The number of hydrogen-bond acceptors (Lipinski definition) is 3. The van der Waals surface area contributed by atoms with Crippen LogP contribution in [0.5, 0.6) is 0 Å². The normalized spacial score (nSPS) is 16.5. The molecular formula is C14H20N2O2. The smallest absolute Gasteiger partial charge is 0.272 e. The third-order valence-corrected chi connectivity index (χ3v) is 3.65. The number of nitro benzene ring substituents is 1. The van der Waals surface area contributed by atoms with Crippen molar-refractivity contribution in [2.45, 2.75) is 26.2 Å². The highest BCUT2D eigenvalue weighted by Crippen LogP contribution is 2.36. The molecule has 0 aliphatic heterocycles. The first-order valence-electron chi connectivity index (χ1n) is 6.61. The molecule has 0 amide bonds. The molecule has 2 rings (SSSR count). The Morgan fingerprint density at radius 2 is 2.17 bits per heavy atom. The van der Waals surface area contributed by atoms with Crippen LogP contribution in [-0.2, 0) is 6.42 Å². The van der Waals surface area contributed by atoms with Crippen molar-refractivity contribution in [1.29, 1.82) is 0 Å². The number of nitrogens with zero attached hydrogens (tertiary/aromatic N) is 1. The molecule has 1 N–H and O–H groups in total. The van der Waals surface area contributed by atoms with Gasteiger partial charge in [0, 0.05) is 11.6 Å². The molecule has 4 heteroatoms. The molecule has 1 aliphatic rings. The molecule has 1 fully saturated rings. The van der Waals surface area contributed by atoms with Crippen molar-refractivity contribution < 1.29 is 4.92 Å². The Morgan fingerprint density at radius 3 is 2.83 bits per heavy atom. The van der Waals surface area contributed by atoms with Gasteiger partial charge in [-0.1, -0.05) is 25.1 Å². The van der Waals surface area contributed by atoms with E-state index in [4.69, 9.17) is 0 Å². The summed E-state index contributed by atoms with van der Waals surface area (Å²) in [5, 5.41) is 14.2. The van der Waals surface area contributed by atoms with E-state index in [9.17, 15) is 10.1 Å². The van der Waals surface area contributed by atoms with Gasteiger partial charge in [0.25, 0.3) is 5.69 Å². The number of benzene rings is 1. The topological polar surface area (TPSA) is 55.2 Å². The summed E-state index contributed by atoms with van der Waals surface area (Å²) in [7, 11) is 0. The molecule has 98 valence electrons. The maximum absolute atomic E-state index is 10.8. The van der Waals surface area contributed by atoms with Crippen LogP contribution in [0.4, 0.5) is 5.69 Å². The number of rotatable bonds is 7. The average Bonchev–Trinajstić information content (AvgIpc) is 3.19. The number of nitro groups is 1. The lowest BCUT2D eigenvalue weighted by atomic mass is 10.1. The van der Waals surface area contributed by atoms with Crippen LogP contribution in [0.15, 0.2) is 24.3 Å². The molecule has 0 aromatic heterocycles. The molecule has 0 spiro atoms. The summed E-state index contributed by atoms with van der Waals surface area (Å²) >= 11 is 0. The molecule has 1 saturated carbocycles. The van der Waals surface area contributed by atoms with Crippen molar-refractivity contribution in [2.24, 2.45) is 11.8 Å². The van der Waals surface area contributed by atoms with E-state index in [2.05, 4.69) is 12.2 Å². The molecule has 1 atom stereocenters. The van der Waals surface area contributed by atoms with E-state index in [0.29, 0.717) is 6.42 Å². The van der Waals surface area contributed by atoms with E-state index in [1.54, 1.807) is 12.1 Å². The summed E-state index contributed by atoms with van der Waals surface area (Å²) in [6, 6.07) is 6.98. The molecule has 1 aliphatic carbocycles. The molecule has 1 aromatic carbocycles. The van der Waals surface area contributed by atoms with Crippen molar-refractivity contribution >= 4 is 5.69 Å². The second-order valence-corrected chi connectivity index (χ2v) is 5.15. The lowest BCUT2D eigenvalue weighted by Gasteiger charge is -2.11. The van der Waals surface area contributed by atoms with Crippen molar-refractivity contribution in [3.8, 4) is 0 Å². The Hall–Kier alpha value is -1.42. The molecule has 0 heterocycles. The van der Waals surface area contributed by atoms with Gasteiger partial charge in [-0.3, -0.25) is 10.1 Å². The average molecular weight is 248 g/mol. The highest BCUT2D eigenvalue weighted by molar-refractivity contribution is 5.39. The first-order valence-corrected chi connectivity index (χ1v) is 6.61. The van der Waals surface area contributed by atoms with Crippen molar-refractivity contribution in [3.05, 3.63) is 39.9 Å². The van der Waals surface area contributed by atoms with Gasteiger partial charge >= 0.3 is 0 Å². The standard InChI is InChI=1S/C14H20N2O2/c1-11(12-6-7-12)10-15-9-8-13-4-2-3-5-14(13)16(17)18/h2-5,11-12,15H,6-10H2,1H3. The van der Waals surface area contributed by atoms with E-state index < -0.39 is 0 Å². The van der Waals surface area contributed by atoms with Crippen LogP contribution in [0.3, 0.4) is 0 Å². The Labute approximate surface area is 108 Å². The third-order valence-electron chi connectivity index (χ3n) is 3.65. The Morgan fingerprint density at radius 1 is 1.44 bits per heavy atom. The molecule has 1 unspecified atom stereocenters. The molecule has 1 aromatic rings. The first-order chi connectivity index (χ1) is 8.68. The van der Waals surface area contributed by atoms with Gasteiger partial charge in [-0.05, 0) is 44.2 Å². The van der Waals surface area contributed by atoms with Crippen LogP contribution in [0.2, 0.25) is 0 Å². The minimum Gasteiger partial charge on any atom is -0.316 e. The number of para-hydroxylation sites is 1. The van der Waals surface area contributed by atoms with Gasteiger partial charge in [0.2, 0.25) is 0 Å². The predicted octanol–water partition coefficient (Wildman–Crippen LogP) is 2.77. The highest BCUT2D eigenvalue weighted by Gasteiger charge is 2.27. The van der Waals surface area contributed by atoms with Gasteiger partial charge in [0.1, 0.15) is 0 Å². The van der Waals surface area contributed by atoms with E-state index in [0.717, 1.165) is 30.5 Å². The van der Waals surface area contributed by atoms with Crippen LogP contribution in [-0.4, -0.2) is 18.0 Å². The zero-order valence-corrected chi connectivity index (χ0v) is 10.8. The maximum Gasteiger partial charge on any atom is 0.272 e. The minimum absolute atomic E-state index is 0.231. The first kappa shape index (κ1) is 13.0. The summed E-state index contributed by atoms with van der Waals surface area (Å²) < 4.78 is 0. The quantitative estimate of drug-likeness (QED) is 0.458. The Kier molecular flexibility index (Phi) is 4.31. The SMILES string of the molecule is CC(CNCCc1ccccc1[N+](=O)[O-])C1CC1. The zero-order valence-electron chi connectivity index (χ0n) is 10.8.